The van der Waals surface area contributed by atoms with Crippen LogP contribution in [0.3, 0.4) is 0 Å². The van der Waals surface area contributed by atoms with E-state index in [1.165, 1.54) is 23.3 Å². The van der Waals surface area contributed by atoms with Crippen LogP contribution in [0.2, 0.25) is 0 Å². The van der Waals surface area contributed by atoms with Gasteiger partial charge < -0.3 is 10.1 Å². The molecule has 1 aromatic heterocycles. The summed E-state index contributed by atoms with van der Waals surface area (Å²) in [6.45, 7) is 2.22. The summed E-state index contributed by atoms with van der Waals surface area (Å²) in [7, 11) is 1.74. The van der Waals surface area contributed by atoms with Gasteiger partial charge in [0.2, 0.25) is 0 Å². The SMILES string of the molecule is COc1ccccc1C(C)NC(c1cccs1)C1CC1. The van der Waals surface area contributed by atoms with E-state index in [9.17, 15) is 0 Å². The van der Waals surface area contributed by atoms with Crippen LogP contribution in [0.1, 0.15) is 42.3 Å². The zero-order valence-corrected chi connectivity index (χ0v) is 12.8. The van der Waals surface area contributed by atoms with E-state index in [0.29, 0.717) is 12.1 Å². The number of para-hydroxylation sites is 1. The Kier molecular flexibility index (Phi) is 4.08. The van der Waals surface area contributed by atoms with E-state index < -0.39 is 0 Å². The molecule has 2 nitrogen and oxygen atoms in total. The Bertz CT molecular complexity index is 548. The van der Waals surface area contributed by atoms with Crippen LogP contribution in [0.4, 0.5) is 0 Å². The van der Waals surface area contributed by atoms with Crippen LogP contribution in [0.25, 0.3) is 0 Å². The summed E-state index contributed by atoms with van der Waals surface area (Å²) in [6, 6.07) is 13.4. The van der Waals surface area contributed by atoms with Gasteiger partial charge in [-0.1, -0.05) is 24.3 Å². The Morgan fingerprint density at radius 3 is 2.65 bits per heavy atom. The van der Waals surface area contributed by atoms with Gasteiger partial charge in [0.15, 0.2) is 0 Å². The third kappa shape index (κ3) is 2.89. The van der Waals surface area contributed by atoms with Crippen molar-refractivity contribution in [3.05, 3.63) is 52.2 Å². The van der Waals surface area contributed by atoms with Crippen molar-refractivity contribution in [3.63, 3.8) is 0 Å². The van der Waals surface area contributed by atoms with Crippen LogP contribution in [-0.4, -0.2) is 7.11 Å². The standard InChI is InChI=1S/C17H21NOS/c1-12(14-6-3-4-7-15(14)19-2)18-17(13-9-10-13)16-8-5-11-20-16/h3-8,11-13,17-18H,9-10H2,1-2H3. The summed E-state index contributed by atoms with van der Waals surface area (Å²) in [5, 5.41) is 5.97. The Morgan fingerprint density at radius 1 is 1.20 bits per heavy atom. The highest BCUT2D eigenvalue weighted by molar-refractivity contribution is 7.10. The van der Waals surface area contributed by atoms with Gasteiger partial charge in [-0.25, -0.2) is 0 Å². The van der Waals surface area contributed by atoms with Crippen LogP contribution >= 0.6 is 11.3 Å². The normalized spacial score (nSPS) is 17.7. The molecule has 0 aliphatic heterocycles. The van der Waals surface area contributed by atoms with Crippen molar-refractivity contribution < 1.29 is 4.74 Å². The maximum Gasteiger partial charge on any atom is 0.123 e. The molecule has 1 N–H and O–H groups in total. The van der Waals surface area contributed by atoms with Gasteiger partial charge in [-0.15, -0.1) is 11.3 Å². The smallest absolute Gasteiger partial charge is 0.123 e. The predicted molar refractivity (Wildman–Crippen MR) is 84.3 cm³/mol. The minimum atomic E-state index is 0.291. The molecule has 1 fully saturated rings. The van der Waals surface area contributed by atoms with E-state index in [2.05, 4.69) is 41.9 Å². The molecule has 3 heteroatoms. The molecule has 0 amide bonds. The second kappa shape index (κ2) is 5.98. The number of nitrogens with one attached hydrogen (secondary N) is 1. The van der Waals surface area contributed by atoms with E-state index in [-0.39, 0.29) is 0 Å². The summed E-state index contributed by atoms with van der Waals surface area (Å²) in [4.78, 5) is 1.45. The number of benzene rings is 1. The van der Waals surface area contributed by atoms with Gasteiger partial charge in [-0.3, -0.25) is 0 Å². The second-order valence-corrected chi connectivity index (χ2v) is 6.44. The lowest BCUT2D eigenvalue weighted by molar-refractivity contribution is 0.387. The third-order valence-corrected chi connectivity index (χ3v) is 4.93. The first-order chi connectivity index (χ1) is 9.79. The molecule has 1 aromatic carbocycles. The van der Waals surface area contributed by atoms with Gasteiger partial charge >= 0.3 is 0 Å². The van der Waals surface area contributed by atoms with E-state index in [1.807, 2.05) is 23.5 Å². The van der Waals surface area contributed by atoms with Crippen LogP contribution in [-0.2, 0) is 0 Å². The molecule has 1 aliphatic rings. The number of thiophene rings is 1. The molecular formula is C17H21NOS. The molecule has 1 heterocycles. The summed E-state index contributed by atoms with van der Waals surface area (Å²) < 4.78 is 5.48. The first-order valence-corrected chi connectivity index (χ1v) is 8.10. The van der Waals surface area contributed by atoms with E-state index in [4.69, 9.17) is 4.74 Å². The highest BCUT2D eigenvalue weighted by atomic mass is 32.1. The fourth-order valence-electron chi connectivity index (χ4n) is 2.73. The monoisotopic (exact) mass is 287 g/mol. The molecule has 0 bridgehead atoms. The van der Waals surface area contributed by atoms with Crippen molar-refractivity contribution in [1.82, 2.24) is 5.32 Å². The molecule has 2 aromatic rings. The van der Waals surface area contributed by atoms with Gasteiger partial charge in [0.1, 0.15) is 5.75 Å². The van der Waals surface area contributed by atoms with Crippen molar-refractivity contribution in [2.24, 2.45) is 5.92 Å². The first kappa shape index (κ1) is 13.7. The lowest BCUT2D eigenvalue weighted by Crippen LogP contribution is -2.25. The summed E-state index contributed by atoms with van der Waals surface area (Å²) >= 11 is 1.85. The van der Waals surface area contributed by atoms with E-state index >= 15 is 0 Å². The molecule has 0 spiro atoms. The zero-order valence-electron chi connectivity index (χ0n) is 12.0. The highest BCUT2D eigenvalue weighted by Crippen LogP contribution is 2.43. The lowest BCUT2D eigenvalue weighted by Gasteiger charge is -2.24. The van der Waals surface area contributed by atoms with Crippen molar-refractivity contribution in [1.29, 1.82) is 0 Å². The molecule has 2 atom stereocenters. The second-order valence-electron chi connectivity index (χ2n) is 5.46. The maximum atomic E-state index is 5.48. The van der Waals surface area contributed by atoms with Gasteiger partial charge in [-0.05, 0) is 43.2 Å². The van der Waals surface area contributed by atoms with Crippen molar-refractivity contribution in [2.45, 2.75) is 31.8 Å². The number of methoxy groups -OCH3 is 1. The highest BCUT2D eigenvalue weighted by Gasteiger charge is 2.34. The third-order valence-electron chi connectivity index (χ3n) is 3.98. The van der Waals surface area contributed by atoms with Crippen molar-refractivity contribution >= 4 is 11.3 Å². The number of rotatable bonds is 6. The van der Waals surface area contributed by atoms with Gasteiger partial charge in [-0.2, -0.15) is 0 Å². The lowest BCUT2D eigenvalue weighted by atomic mass is 10.0. The summed E-state index contributed by atoms with van der Waals surface area (Å²) in [6.07, 6.45) is 2.68. The van der Waals surface area contributed by atoms with Crippen LogP contribution < -0.4 is 10.1 Å². The average molecular weight is 287 g/mol. The maximum absolute atomic E-state index is 5.48. The van der Waals surface area contributed by atoms with E-state index in [1.54, 1.807) is 7.11 Å². The Hall–Kier alpha value is -1.32. The fourth-order valence-corrected chi connectivity index (χ4v) is 3.61. The van der Waals surface area contributed by atoms with Crippen molar-refractivity contribution in [3.8, 4) is 5.75 Å². The minimum Gasteiger partial charge on any atom is -0.496 e. The minimum absolute atomic E-state index is 0.291. The zero-order chi connectivity index (χ0) is 13.9. The van der Waals surface area contributed by atoms with Crippen LogP contribution in [0, 0.1) is 5.92 Å². The molecule has 0 radical (unpaired) electrons. The molecule has 106 valence electrons. The molecule has 2 unspecified atom stereocenters. The van der Waals surface area contributed by atoms with Gasteiger partial charge in [0.05, 0.1) is 7.11 Å². The van der Waals surface area contributed by atoms with Crippen LogP contribution in [0.15, 0.2) is 41.8 Å². The van der Waals surface area contributed by atoms with Gasteiger partial charge in [0, 0.05) is 22.5 Å². The topological polar surface area (TPSA) is 21.3 Å². The quantitative estimate of drug-likeness (QED) is 0.841. The van der Waals surface area contributed by atoms with Crippen molar-refractivity contribution in [2.75, 3.05) is 7.11 Å². The molecular weight excluding hydrogens is 266 g/mol. The first-order valence-electron chi connectivity index (χ1n) is 7.22. The largest absolute Gasteiger partial charge is 0.496 e. The summed E-state index contributed by atoms with van der Waals surface area (Å²) in [5.41, 5.74) is 1.23. The predicted octanol–water partition coefficient (Wildman–Crippen LogP) is 4.56. The Morgan fingerprint density at radius 2 is 2.00 bits per heavy atom. The molecule has 0 saturated heterocycles. The van der Waals surface area contributed by atoms with E-state index in [0.717, 1.165) is 11.7 Å². The average Bonchev–Trinajstić information content (AvgIpc) is 3.18. The van der Waals surface area contributed by atoms with Gasteiger partial charge in [0.25, 0.3) is 0 Å². The fraction of sp³-hybridized carbons (Fsp3) is 0.412. The summed E-state index contributed by atoms with van der Waals surface area (Å²) in [5.74, 6) is 1.76. The molecule has 1 saturated carbocycles. The Balaban J connectivity index is 1.78. The molecule has 20 heavy (non-hydrogen) atoms. The molecule has 1 aliphatic carbocycles. The number of hydrogen-bond donors (Lipinski definition) is 1. The van der Waals surface area contributed by atoms with Crippen LogP contribution in [0.5, 0.6) is 5.75 Å². The number of ether oxygens (including phenoxy) is 1. The number of hydrogen-bond acceptors (Lipinski definition) is 3. The Labute approximate surface area is 124 Å². The molecule has 3 rings (SSSR count).